The van der Waals surface area contributed by atoms with Crippen LogP contribution in [0.1, 0.15) is 24.6 Å². The molecule has 1 aromatic heterocycles. The standard InChI is InChI=1S/C12H19N3O2/c1-17-11(8-13)12(16)15-7-3-5-10(15)9-4-2-6-14-9/h2,4,6,10-11,14H,3,5,7-8,13H2,1H3. The molecule has 2 unspecified atom stereocenters. The van der Waals surface area contributed by atoms with E-state index >= 15 is 0 Å². The lowest BCUT2D eigenvalue weighted by atomic mass is 10.1. The van der Waals surface area contributed by atoms with Crippen molar-refractivity contribution in [1.29, 1.82) is 0 Å². The van der Waals surface area contributed by atoms with E-state index in [1.807, 2.05) is 23.2 Å². The lowest BCUT2D eigenvalue weighted by Gasteiger charge is -2.27. The van der Waals surface area contributed by atoms with E-state index in [-0.39, 0.29) is 18.5 Å². The van der Waals surface area contributed by atoms with Gasteiger partial charge in [-0.3, -0.25) is 4.79 Å². The normalized spacial score (nSPS) is 21.8. The summed E-state index contributed by atoms with van der Waals surface area (Å²) in [6.45, 7) is 1.01. The van der Waals surface area contributed by atoms with Gasteiger partial charge in [0.25, 0.3) is 5.91 Å². The third-order valence-corrected chi connectivity index (χ3v) is 3.29. The van der Waals surface area contributed by atoms with Crippen molar-refractivity contribution in [2.45, 2.75) is 25.0 Å². The average molecular weight is 237 g/mol. The fourth-order valence-corrected chi connectivity index (χ4v) is 2.39. The van der Waals surface area contributed by atoms with Crippen LogP contribution in [0.2, 0.25) is 0 Å². The molecule has 94 valence electrons. The number of likely N-dealkylation sites (tertiary alicyclic amines) is 1. The van der Waals surface area contributed by atoms with Gasteiger partial charge in [0.05, 0.1) is 6.04 Å². The molecule has 1 aliphatic rings. The molecule has 0 saturated carbocycles. The number of nitrogens with two attached hydrogens (primary N) is 1. The molecule has 1 amide bonds. The van der Waals surface area contributed by atoms with Crippen LogP contribution in [-0.2, 0) is 9.53 Å². The molecule has 2 rings (SSSR count). The minimum atomic E-state index is -0.523. The van der Waals surface area contributed by atoms with Gasteiger partial charge < -0.3 is 20.4 Å². The number of H-pyrrole nitrogens is 1. The maximum absolute atomic E-state index is 12.2. The Morgan fingerprint density at radius 1 is 1.76 bits per heavy atom. The van der Waals surface area contributed by atoms with E-state index in [2.05, 4.69) is 4.98 Å². The van der Waals surface area contributed by atoms with Crippen molar-refractivity contribution < 1.29 is 9.53 Å². The van der Waals surface area contributed by atoms with Crippen LogP contribution < -0.4 is 5.73 Å². The molecule has 1 saturated heterocycles. The number of hydrogen-bond acceptors (Lipinski definition) is 3. The van der Waals surface area contributed by atoms with Gasteiger partial charge in [-0.25, -0.2) is 0 Å². The topological polar surface area (TPSA) is 71.3 Å². The molecule has 0 bridgehead atoms. The third-order valence-electron chi connectivity index (χ3n) is 3.29. The summed E-state index contributed by atoms with van der Waals surface area (Å²) < 4.78 is 5.11. The summed E-state index contributed by atoms with van der Waals surface area (Å²) in [6.07, 6.45) is 3.38. The first-order chi connectivity index (χ1) is 8.27. The summed E-state index contributed by atoms with van der Waals surface area (Å²) in [7, 11) is 1.52. The van der Waals surface area contributed by atoms with Crippen LogP contribution in [0.4, 0.5) is 0 Å². The Labute approximate surface area is 101 Å². The number of nitrogens with one attached hydrogen (secondary N) is 1. The van der Waals surface area contributed by atoms with E-state index in [9.17, 15) is 4.79 Å². The molecule has 5 heteroatoms. The van der Waals surface area contributed by atoms with Crippen LogP contribution in [0.15, 0.2) is 18.3 Å². The van der Waals surface area contributed by atoms with Gasteiger partial charge in [0.15, 0.2) is 0 Å². The van der Waals surface area contributed by atoms with Crippen molar-refractivity contribution in [1.82, 2.24) is 9.88 Å². The highest BCUT2D eigenvalue weighted by Crippen LogP contribution is 2.31. The van der Waals surface area contributed by atoms with Crippen LogP contribution in [0.25, 0.3) is 0 Å². The predicted molar refractivity (Wildman–Crippen MR) is 64.3 cm³/mol. The molecule has 0 aliphatic carbocycles. The Balaban J connectivity index is 2.12. The Hall–Kier alpha value is -1.33. The maximum Gasteiger partial charge on any atom is 0.253 e. The first kappa shape index (κ1) is 12.1. The molecule has 0 aromatic carbocycles. The van der Waals surface area contributed by atoms with Gasteiger partial charge in [0.1, 0.15) is 6.10 Å². The fraction of sp³-hybridized carbons (Fsp3) is 0.583. The summed E-state index contributed by atoms with van der Waals surface area (Å²) in [5, 5.41) is 0. The van der Waals surface area contributed by atoms with Crippen LogP contribution in [0.5, 0.6) is 0 Å². The van der Waals surface area contributed by atoms with Crippen molar-refractivity contribution in [2.75, 3.05) is 20.2 Å². The summed E-state index contributed by atoms with van der Waals surface area (Å²) in [5.41, 5.74) is 6.62. The van der Waals surface area contributed by atoms with Crippen LogP contribution in [0, 0.1) is 0 Å². The molecular weight excluding hydrogens is 218 g/mol. The summed E-state index contributed by atoms with van der Waals surface area (Å²) in [5.74, 6) is -0.00731. The van der Waals surface area contributed by atoms with Crippen LogP contribution in [-0.4, -0.2) is 42.1 Å². The second kappa shape index (κ2) is 5.33. The smallest absolute Gasteiger partial charge is 0.253 e. The number of ether oxygens (including phenoxy) is 1. The van der Waals surface area contributed by atoms with E-state index in [0.717, 1.165) is 25.1 Å². The van der Waals surface area contributed by atoms with Crippen LogP contribution >= 0.6 is 0 Å². The van der Waals surface area contributed by atoms with E-state index < -0.39 is 6.10 Å². The molecule has 17 heavy (non-hydrogen) atoms. The molecule has 1 fully saturated rings. The molecule has 2 atom stereocenters. The monoisotopic (exact) mass is 237 g/mol. The number of aromatic nitrogens is 1. The first-order valence-corrected chi connectivity index (χ1v) is 5.94. The van der Waals surface area contributed by atoms with E-state index in [4.69, 9.17) is 10.5 Å². The molecule has 0 radical (unpaired) electrons. The zero-order chi connectivity index (χ0) is 12.3. The molecule has 5 nitrogen and oxygen atoms in total. The van der Waals surface area contributed by atoms with E-state index in [1.54, 1.807) is 0 Å². The lowest BCUT2D eigenvalue weighted by Crippen LogP contribution is -2.43. The maximum atomic E-state index is 12.2. The lowest BCUT2D eigenvalue weighted by molar-refractivity contribution is -0.142. The highest BCUT2D eigenvalue weighted by Gasteiger charge is 2.33. The van der Waals surface area contributed by atoms with Crippen molar-refractivity contribution >= 4 is 5.91 Å². The number of methoxy groups -OCH3 is 1. The van der Waals surface area contributed by atoms with Crippen molar-refractivity contribution in [3.63, 3.8) is 0 Å². The fourth-order valence-electron chi connectivity index (χ4n) is 2.39. The van der Waals surface area contributed by atoms with E-state index in [0.29, 0.717) is 0 Å². The quantitative estimate of drug-likeness (QED) is 0.807. The van der Waals surface area contributed by atoms with Gasteiger partial charge in [0, 0.05) is 32.1 Å². The third kappa shape index (κ3) is 2.35. The molecule has 3 N–H and O–H groups in total. The van der Waals surface area contributed by atoms with Crippen molar-refractivity contribution in [3.05, 3.63) is 24.0 Å². The Morgan fingerprint density at radius 3 is 3.18 bits per heavy atom. The first-order valence-electron chi connectivity index (χ1n) is 5.94. The Bertz CT molecular complexity index is 360. The van der Waals surface area contributed by atoms with Gasteiger partial charge >= 0.3 is 0 Å². The van der Waals surface area contributed by atoms with Gasteiger partial charge in [0.2, 0.25) is 0 Å². The molecule has 1 aromatic rings. The minimum Gasteiger partial charge on any atom is -0.370 e. The minimum absolute atomic E-state index is 0.00731. The highest BCUT2D eigenvalue weighted by atomic mass is 16.5. The number of nitrogens with zero attached hydrogens (tertiary/aromatic N) is 1. The number of amides is 1. The summed E-state index contributed by atoms with van der Waals surface area (Å²) in [4.78, 5) is 17.3. The molecule has 2 heterocycles. The average Bonchev–Trinajstić information content (AvgIpc) is 3.01. The number of hydrogen-bond donors (Lipinski definition) is 2. The molecular formula is C12H19N3O2. The van der Waals surface area contributed by atoms with Gasteiger partial charge in [-0.1, -0.05) is 0 Å². The Kier molecular flexibility index (Phi) is 3.81. The number of carbonyl (C=O) groups excluding carboxylic acids is 1. The molecule has 0 spiro atoms. The zero-order valence-electron chi connectivity index (χ0n) is 10.1. The number of aromatic amines is 1. The second-order valence-electron chi connectivity index (χ2n) is 4.28. The zero-order valence-corrected chi connectivity index (χ0v) is 10.1. The summed E-state index contributed by atoms with van der Waals surface area (Å²) in [6, 6.07) is 4.11. The Morgan fingerprint density at radius 2 is 2.59 bits per heavy atom. The molecule has 1 aliphatic heterocycles. The number of carbonyl (C=O) groups is 1. The SMILES string of the molecule is COC(CN)C(=O)N1CCCC1c1ccc[nH]1. The van der Waals surface area contributed by atoms with Gasteiger partial charge in [-0.15, -0.1) is 0 Å². The van der Waals surface area contributed by atoms with Gasteiger partial charge in [-0.2, -0.15) is 0 Å². The van der Waals surface area contributed by atoms with Crippen molar-refractivity contribution in [3.8, 4) is 0 Å². The highest BCUT2D eigenvalue weighted by molar-refractivity contribution is 5.81. The summed E-state index contributed by atoms with van der Waals surface area (Å²) >= 11 is 0. The van der Waals surface area contributed by atoms with Gasteiger partial charge in [-0.05, 0) is 25.0 Å². The van der Waals surface area contributed by atoms with Crippen LogP contribution in [0.3, 0.4) is 0 Å². The second-order valence-corrected chi connectivity index (χ2v) is 4.28. The predicted octanol–water partition coefficient (Wildman–Crippen LogP) is 0.652. The van der Waals surface area contributed by atoms with E-state index in [1.165, 1.54) is 7.11 Å². The van der Waals surface area contributed by atoms with Crippen molar-refractivity contribution in [2.24, 2.45) is 5.73 Å². The number of rotatable bonds is 4. The largest absolute Gasteiger partial charge is 0.370 e.